The molecule has 0 spiro atoms. The Labute approximate surface area is 191 Å². The standard InChI is InChI=1S/C28H38NOSi/c1-8-29(19-11-9-10-18-28(3,4)5)22-24-15-13-17-26(21-24)30-27(31(6)7)25-16-12-14-23(2)20-25/h9,11-17,20-21,27H,8,19,22H2,1-7H3/b11-9+. The number of allylic oxidation sites excluding steroid dienone is 1. The fourth-order valence-electron chi connectivity index (χ4n) is 3.29. The number of nitrogens with zero attached hydrogens (tertiary/aromatic N) is 1. The molecule has 0 aliphatic carbocycles. The summed E-state index contributed by atoms with van der Waals surface area (Å²) in [4.78, 5) is 2.40. The summed E-state index contributed by atoms with van der Waals surface area (Å²) in [6, 6.07) is 17.3. The number of likely N-dealkylation sites (N-methyl/N-ethyl adjacent to an activating group) is 1. The number of aryl methyl sites for hydroxylation is 1. The molecule has 2 aromatic rings. The number of benzene rings is 2. The molecular weight excluding hydrogens is 394 g/mol. The second kappa shape index (κ2) is 11.9. The fraction of sp³-hybridized carbons (Fsp3) is 0.429. The van der Waals surface area contributed by atoms with Gasteiger partial charge in [-0.1, -0.05) is 79.9 Å². The third-order valence-electron chi connectivity index (χ3n) is 4.89. The van der Waals surface area contributed by atoms with Gasteiger partial charge < -0.3 is 4.74 Å². The highest BCUT2D eigenvalue weighted by Crippen LogP contribution is 2.26. The van der Waals surface area contributed by atoms with Crippen LogP contribution in [-0.4, -0.2) is 26.8 Å². The maximum atomic E-state index is 6.51. The van der Waals surface area contributed by atoms with Gasteiger partial charge in [-0.25, -0.2) is 0 Å². The SMILES string of the molecule is CCN(C/C=C/C#CC(C)(C)C)Cc1cccc(OC(c2cccc(C)c2)[Si](C)C)c1. The van der Waals surface area contributed by atoms with Crippen LogP contribution in [-0.2, 0) is 6.54 Å². The van der Waals surface area contributed by atoms with E-state index < -0.39 is 8.80 Å². The largest absolute Gasteiger partial charge is 0.490 e. The molecule has 1 radical (unpaired) electrons. The molecule has 0 saturated heterocycles. The van der Waals surface area contributed by atoms with E-state index >= 15 is 0 Å². The lowest BCUT2D eigenvalue weighted by molar-refractivity contribution is 0.278. The average Bonchev–Trinajstić information content (AvgIpc) is 2.70. The lowest BCUT2D eigenvalue weighted by Crippen LogP contribution is -2.23. The first-order chi connectivity index (χ1) is 14.7. The number of ether oxygens (including phenoxy) is 1. The van der Waals surface area contributed by atoms with Gasteiger partial charge in [0.15, 0.2) is 0 Å². The van der Waals surface area contributed by atoms with Crippen molar-refractivity contribution in [3.63, 3.8) is 0 Å². The molecule has 1 unspecified atom stereocenters. The monoisotopic (exact) mass is 432 g/mol. The summed E-state index contributed by atoms with van der Waals surface area (Å²) in [6.45, 7) is 18.1. The normalized spacial score (nSPS) is 12.8. The molecule has 0 N–H and O–H groups in total. The smallest absolute Gasteiger partial charge is 0.120 e. The summed E-state index contributed by atoms with van der Waals surface area (Å²) in [7, 11) is -0.662. The van der Waals surface area contributed by atoms with Crippen LogP contribution in [0.4, 0.5) is 0 Å². The van der Waals surface area contributed by atoms with E-state index in [2.05, 4.69) is 119 Å². The Morgan fingerprint density at radius 2 is 1.84 bits per heavy atom. The highest BCUT2D eigenvalue weighted by molar-refractivity contribution is 6.57. The molecule has 0 heterocycles. The Morgan fingerprint density at radius 1 is 1.10 bits per heavy atom. The van der Waals surface area contributed by atoms with Gasteiger partial charge in [-0.15, -0.1) is 0 Å². The lowest BCUT2D eigenvalue weighted by atomic mass is 9.98. The molecular formula is C28H38NOSi. The molecule has 0 amide bonds. The van der Waals surface area contributed by atoms with Gasteiger partial charge in [0.25, 0.3) is 0 Å². The molecule has 31 heavy (non-hydrogen) atoms. The van der Waals surface area contributed by atoms with Crippen LogP contribution in [0.25, 0.3) is 0 Å². The van der Waals surface area contributed by atoms with Crippen molar-refractivity contribution in [1.82, 2.24) is 4.90 Å². The minimum atomic E-state index is -0.662. The van der Waals surface area contributed by atoms with Crippen LogP contribution in [0.3, 0.4) is 0 Å². The van der Waals surface area contributed by atoms with E-state index in [1.165, 1.54) is 16.7 Å². The first-order valence-electron chi connectivity index (χ1n) is 11.2. The van der Waals surface area contributed by atoms with Gasteiger partial charge >= 0.3 is 0 Å². The van der Waals surface area contributed by atoms with Crippen molar-refractivity contribution in [1.29, 1.82) is 0 Å². The van der Waals surface area contributed by atoms with E-state index in [-0.39, 0.29) is 11.1 Å². The zero-order valence-corrected chi connectivity index (χ0v) is 21.3. The van der Waals surface area contributed by atoms with Crippen LogP contribution in [0.1, 0.15) is 50.1 Å². The zero-order valence-electron chi connectivity index (χ0n) is 20.3. The predicted octanol–water partition coefficient (Wildman–Crippen LogP) is 6.84. The van der Waals surface area contributed by atoms with Crippen molar-refractivity contribution in [3.8, 4) is 17.6 Å². The second-order valence-electron chi connectivity index (χ2n) is 9.39. The van der Waals surface area contributed by atoms with Gasteiger partial charge in [-0.05, 0) is 63.6 Å². The number of hydrogen-bond donors (Lipinski definition) is 0. The molecule has 165 valence electrons. The van der Waals surface area contributed by atoms with Crippen LogP contribution in [0, 0.1) is 24.2 Å². The van der Waals surface area contributed by atoms with Gasteiger partial charge in [0.05, 0.1) is 0 Å². The Morgan fingerprint density at radius 3 is 2.48 bits per heavy atom. The molecule has 0 fully saturated rings. The molecule has 0 saturated carbocycles. The average molecular weight is 433 g/mol. The van der Waals surface area contributed by atoms with Crippen LogP contribution >= 0.6 is 0 Å². The van der Waals surface area contributed by atoms with E-state index in [4.69, 9.17) is 4.74 Å². The Kier molecular flexibility index (Phi) is 9.62. The summed E-state index contributed by atoms with van der Waals surface area (Å²) in [5.41, 5.74) is 4.02. The van der Waals surface area contributed by atoms with Crippen molar-refractivity contribution in [2.24, 2.45) is 5.41 Å². The fourth-order valence-corrected chi connectivity index (χ4v) is 4.51. The van der Waals surface area contributed by atoms with Crippen LogP contribution in [0.2, 0.25) is 13.1 Å². The highest BCUT2D eigenvalue weighted by Gasteiger charge is 2.19. The molecule has 0 aromatic heterocycles. The Balaban J connectivity index is 2.05. The van der Waals surface area contributed by atoms with Crippen molar-refractivity contribution < 1.29 is 4.74 Å². The highest BCUT2D eigenvalue weighted by atomic mass is 28.3. The first kappa shape index (κ1) is 25.0. The third kappa shape index (κ3) is 9.17. The summed E-state index contributed by atoms with van der Waals surface area (Å²) < 4.78 is 6.51. The molecule has 0 bridgehead atoms. The molecule has 1 atom stereocenters. The van der Waals surface area contributed by atoms with Gasteiger partial charge in [0.1, 0.15) is 20.3 Å². The van der Waals surface area contributed by atoms with E-state index in [0.29, 0.717) is 0 Å². The van der Waals surface area contributed by atoms with Crippen LogP contribution in [0.15, 0.2) is 60.7 Å². The van der Waals surface area contributed by atoms with E-state index in [9.17, 15) is 0 Å². The molecule has 2 aromatic carbocycles. The number of hydrogen-bond acceptors (Lipinski definition) is 2. The summed E-state index contributed by atoms with van der Waals surface area (Å²) in [5.74, 6) is 7.36. The third-order valence-corrected chi connectivity index (χ3v) is 6.39. The van der Waals surface area contributed by atoms with Gasteiger partial charge in [0, 0.05) is 18.5 Å². The van der Waals surface area contributed by atoms with Gasteiger partial charge in [0.2, 0.25) is 0 Å². The molecule has 0 aliphatic rings. The topological polar surface area (TPSA) is 12.5 Å². The molecule has 2 rings (SSSR count). The second-order valence-corrected chi connectivity index (χ2v) is 12.1. The predicted molar refractivity (Wildman–Crippen MR) is 136 cm³/mol. The van der Waals surface area contributed by atoms with Gasteiger partial charge in [-0.3, -0.25) is 4.90 Å². The first-order valence-corrected chi connectivity index (χ1v) is 13.8. The zero-order chi connectivity index (χ0) is 22.9. The van der Waals surface area contributed by atoms with Crippen molar-refractivity contribution in [2.75, 3.05) is 13.1 Å². The summed E-state index contributed by atoms with van der Waals surface area (Å²) in [6.07, 6.45) is 4.13. The number of rotatable bonds is 9. The van der Waals surface area contributed by atoms with E-state index in [1.807, 2.05) is 6.08 Å². The maximum absolute atomic E-state index is 6.51. The van der Waals surface area contributed by atoms with Gasteiger partial charge in [-0.2, -0.15) is 0 Å². The molecule has 0 aliphatic heterocycles. The molecule has 2 nitrogen and oxygen atoms in total. The maximum Gasteiger partial charge on any atom is 0.120 e. The molecule has 3 heteroatoms. The van der Waals surface area contributed by atoms with Crippen molar-refractivity contribution >= 4 is 8.80 Å². The van der Waals surface area contributed by atoms with E-state index in [0.717, 1.165) is 25.4 Å². The minimum Gasteiger partial charge on any atom is -0.490 e. The van der Waals surface area contributed by atoms with E-state index in [1.54, 1.807) is 0 Å². The Hall–Kier alpha value is -2.28. The van der Waals surface area contributed by atoms with Crippen molar-refractivity contribution in [2.45, 2.75) is 60.0 Å². The quantitative estimate of drug-likeness (QED) is 0.318. The van der Waals surface area contributed by atoms with Crippen LogP contribution in [0.5, 0.6) is 5.75 Å². The lowest BCUT2D eigenvalue weighted by Gasteiger charge is -2.24. The summed E-state index contributed by atoms with van der Waals surface area (Å²) >= 11 is 0. The minimum absolute atomic E-state index is 0.0452. The van der Waals surface area contributed by atoms with Crippen LogP contribution < -0.4 is 4.74 Å². The summed E-state index contributed by atoms with van der Waals surface area (Å²) in [5, 5.41) is 0. The Bertz CT molecular complexity index is 914. The van der Waals surface area contributed by atoms with Crippen molar-refractivity contribution in [3.05, 3.63) is 77.4 Å².